The average molecular weight is 435 g/mol. The SMILES string of the molecule is CCC(C(=O)Nc1cc(OC)ccc1OC)S(=O)(=O)CC(=O)Nc1ccc(C)cc1. The topological polar surface area (TPSA) is 111 Å². The van der Waals surface area contributed by atoms with Crippen molar-refractivity contribution in [3.8, 4) is 11.5 Å². The molecule has 0 saturated heterocycles. The van der Waals surface area contributed by atoms with E-state index in [1.54, 1.807) is 43.3 Å². The molecule has 0 aliphatic rings. The highest BCUT2D eigenvalue weighted by Crippen LogP contribution is 2.29. The van der Waals surface area contributed by atoms with Crippen molar-refractivity contribution in [3.63, 3.8) is 0 Å². The molecule has 2 N–H and O–H groups in total. The van der Waals surface area contributed by atoms with Crippen molar-refractivity contribution in [2.45, 2.75) is 25.5 Å². The van der Waals surface area contributed by atoms with E-state index >= 15 is 0 Å². The van der Waals surface area contributed by atoms with Gasteiger partial charge in [0.2, 0.25) is 11.8 Å². The minimum absolute atomic E-state index is 0.0122. The Labute approximate surface area is 176 Å². The lowest BCUT2D eigenvalue weighted by molar-refractivity contribution is -0.115. The quantitative estimate of drug-likeness (QED) is 0.628. The molecule has 0 bridgehead atoms. The highest BCUT2D eigenvalue weighted by atomic mass is 32.2. The number of nitrogens with one attached hydrogen (secondary N) is 2. The molecule has 0 spiro atoms. The first kappa shape index (κ1) is 23.2. The number of aryl methyl sites for hydroxylation is 1. The van der Waals surface area contributed by atoms with Crippen LogP contribution in [0.1, 0.15) is 18.9 Å². The molecule has 0 aliphatic heterocycles. The third kappa shape index (κ3) is 5.96. The van der Waals surface area contributed by atoms with Crippen LogP contribution < -0.4 is 20.1 Å². The number of methoxy groups -OCH3 is 2. The van der Waals surface area contributed by atoms with E-state index in [0.29, 0.717) is 17.2 Å². The molecular formula is C21H26N2O6S. The molecule has 1 atom stereocenters. The van der Waals surface area contributed by atoms with Crippen molar-refractivity contribution >= 4 is 33.0 Å². The zero-order valence-corrected chi connectivity index (χ0v) is 18.2. The summed E-state index contributed by atoms with van der Waals surface area (Å²) in [6.07, 6.45) is 0.0122. The predicted molar refractivity (Wildman–Crippen MR) is 116 cm³/mol. The third-order valence-corrected chi connectivity index (χ3v) is 6.51. The minimum atomic E-state index is -4.05. The van der Waals surface area contributed by atoms with Gasteiger partial charge in [-0.15, -0.1) is 0 Å². The zero-order chi connectivity index (χ0) is 22.3. The minimum Gasteiger partial charge on any atom is -0.497 e. The summed E-state index contributed by atoms with van der Waals surface area (Å²) in [4.78, 5) is 25.0. The van der Waals surface area contributed by atoms with Crippen LogP contribution in [0, 0.1) is 6.92 Å². The van der Waals surface area contributed by atoms with E-state index in [1.807, 2.05) is 6.92 Å². The summed E-state index contributed by atoms with van der Waals surface area (Å²) in [6.45, 7) is 3.47. The maximum atomic E-state index is 12.7. The Morgan fingerprint density at radius 2 is 1.67 bits per heavy atom. The number of carbonyl (C=O) groups excluding carboxylic acids is 2. The lowest BCUT2D eigenvalue weighted by Crippen LogP contribution is -2.39. The molecular weight excluding hydrogens is 408 g/mol. The number of hydrogen-bond acceptors (Lipinski definition) is 6. The van der Waals surface area contributed by atoms with Crippen LogP contribution in [0.4, 0.5) is 11.4 Å². The van der Waals surface area contributed by atoms with Gasteiger partial charge in [-0.25, -0.2) is 8.42 Å². The third-order valence-electron chi connectivity index (χ3n) is 4.43. The smallest absolute Gasteiger partial charge is 0.242 e. The number of sulfone groups is 1. The Balaban J connectivity index is 2.13. The molecule has 0 fully saturated rings. The van der Waals surface area contributed by atoms with Gasteiger partial charge >= 0.3 is 0 Å². The first-order valence-electron chi connectivity index (χ1n) is 9.31. The highest BCUT2D eigenvalue weighted by Gasteiger charge is 2.33. The molecule has 162 valence electrons. The summed E-state index contributed by atoms with van der Waals surface area (Å²) < 4.78 is 35.8. The largest absolute Gasteiger partial charge is 0.497 e. The summed E-state index contributed by atoms with van der Waals surface area (Å²) in [5.74, 6) is -1.42. The van der Waals surface area contributed by atoms with Crippen molar-refractivity contribution in [1.82, 2.24) is 0 Å². The van der Waals surface area contributed by atoms with Gasteiger partial charge < -0.3 is 20.1 Å². The average Bonchev–Trinajstić information content (AvgIpc) is 2.69. The number of ether oxygens (including phenoxy) is 2. The number of amides is 2. The molecule has 1 unspecified atom stereocenters. The summed E-state index contributed by atoms with van der Waals surface area (Å²) in [5.41, 5.74) is 1.77. The predicted octanol–water partition coefficient (Wildman–Crippen LogP) is 2.78. The van der Waals surface area contributed by atoms with Crippen molar-refractivity contribution < 1.29 is 27.5 Å². The van der Waals surface area contributed by atoms with Gasteiger partial charge in [0.15, 0.2) is 9.84 Å². The van der Waals surface area contributed by atoms with Gasteiger partial charge in [0, 0.05) is 11.8 Å². The first-order chi connectivity index (χ1) is 14.2. The van der Waals surface area contributed by atoms with Gasteiger partial charge in [-0.1, -0.05) is 24.6 Å². The molecule has 0 aromatic heterocycles. The van der Waals surface area contributed by atoms with Gasteiger partial charge in [-0.05, 0) is 37.6 Å². The van der Waals surface area contributed by atoms with Crippen LogP contribution in [0.3, 0.4) is 0 Å². The number of rotatable bonds is 9. The Hall–Kier alpha value is -3.07. The van der Waals surface area contributed by atoms with E-state index in [0.717, 1.165) is 5.56 Å². The molecule has 2 amide bonds. The van der Waals surface area contributed by atoms with E-state index in [9.17, 15) is 18.0 Å². The van der Waals surface area contributed by atoms with E-state index in [1.165, 1.54) is 20.3 Å². The maximum absolute atomic E-state index is 12.7. The van der Waals surface area contributed by atoms with E-state index in [2.05, 4.69) is 10.6 Å². The molecule has 30 heavy (non-hydrogen) atoms. The maximum Gasteiger partial charge on any atom is 0.242 e. The van der Waals surface area contributed by atoms with Crippen LogP contribution in [-0.4, -0.2) is 45.5 Å². The Morgan fingerprint density at radius 3 is 2.23 bits per heavy atom. The molecule has 0 heterocycles. The normalized spacial score (nSPS) is 12.0. The van der Waals surface area contributed by atoms with Crippen LogP contribution in [0.2, 0.25) is 0 Å². The van der Waals surface area contributed by atoms with Crippen molar-refractivity contribution in [2.75, 3.05) is 30.6 Å². The summed E-state index contributed by atoms with van der Waals surface area (Å²) >= 11 is 0. The Bertz CT molecular complexity index is 1000. The lowest BCUT2D eigenvalue weighted by atomic mass is 10.2. The molecule has 0 saturated carbocycles. The van der Waals surface area contributed by atoms with Crippen LogP contribution in [-0.2, 0) is 19.4 Å². The van der Waals surface area contributed by atoms with Crippen molar-refractivity contribution in [1.29, 1.82) is 0 Å². The summed E-state index contributed by atoms with van der Waals surface area (Å²) in [6, 6.07) is 11.7. The Morgan fingerprint density at radius 1 is 1.00 bits per heavy atom. The second-order valence-electron chi connectivity index (χ2n) is 6.67. The van der Waals surface area contributed by atoms with Gasteiger partial charge in [0.25, 0.3) is 0 Å². The molecule has 2 aromatic carbocycles. The number of anilines is 2. The summed E-state index contributed by atoms with van der Waals surface area (Å²) in [7, 11) is -1.15. The molecule has 0 aliphatic carbocycles. The molecule has 0 radical (unpaired) electrons. The summed E-state index contributed by atoms with van der Waals surface area (Å²) in [5, 5.41) is 3.72. The van der Waals surface area contributed by atoms with Crippen molar-refractivity contribution in [2.24, 2.45) is 0 Å². The monoisotopic (exact) mass is 434 g/mol. The van der Waals surface area contributed by atoms with Gasteiger partial charge in [0.1, 0.15) is 22.5 Å². The van der Waals surface area contributed by atoms with E-state index in [-0.39, 0.29) is 12.1 Å². The standard InChI is InChI=1S/C21H26N2O6S/c1-5-19(21(25)23-17-12-16(28-3)10-11-18(17)29-4)30(26,27)13-20(24)22-15-8-6-14(2)7-9-15/h6-12,19H,5,13H2,1-4H3,(H,22,24)(H,23,25). The lowest BCUT2D eigenvalue weighted by Gasteiger charge is -2.17. The van der Waals surface area contributed by atoms with Crippen molar-refractivity contribution in [3.05, 3.63) is 48.0 Å². The number of benzene rings is 2. The van der Waals surface area contributed by atoms with Crippen LogP contribution >= 0.6 is 0 Å². The van der Waals surface area contributed by atoms with Gasteiger partial charge in [-0.3, -0.25) is 9.59 Å². The van der Waals surface area contributed by atoms with Crippen LogP contribution in [0.5, 0.6) is 11.5 Å². The number of carbonyl (C=O) groups is 2. The van der Waals surface area contributed by atoms with Gasteiger partial charge in [-0.2, -0.15) is 0 Å². The molecule has 8 nitrogen and oxygen atoms in total. The second-order valence-corrected chi connectivity index (χ2v) is 8.86. The fourth-order valence-corrected chi connectivity index (χ4v) is 4.38. The second kappa shape index (κ2) is 10.1. The van der Waals surface area contributed by atoms with Crippen LogP contribution in [0.15, 0.2) is 42.5 Å². The number of hydrogen-bond donors (Lipinski definition) is 2. The van der Waals surface area contributed by atoms with E-state index < -0.39 is 32.7 Å². The Kier molecular flexibility index (Phi) is 7.82. The molecule has 2 aromatic rings. The molecule has 9 heteroatoms. The first-order valence-corrected chi connectivity index (χ1v) is 11.0. The molecule has 2 rings (SSSR count). The van der Waals surface area contributed by atoms with Crippen LogP contribution in [0.25, 0.3) is 0 Å². The van der Waals surface area contributed by atoms with Gasteiger partial charge in [0.05, 0.1) is 19.9 Å². The fourth-order valence-electron chi connectivity index (χ4n) is 2.84. The zero-order valence-electron chi connectivity index (χ0n) is 17.4. The fraction of sp³-hybridized carbons (Fsp3) is 0.333. The highest BCUT2D eigenvalue weighted by molar-refractivity contribution is 7.93. The van der Waals surface area contributed by atoms with E-state index in [4.69, 9.17) is 9.47 Å².